The van der Waals surface area contributed by atoms with Crippen molar-refractivity contribution < 1.29 is 19.1 Å². The fraction of sp³-hybridized carbons (Fsp3) is 0.407. The maximum Gasteiger partial charge on any atom is 0.254 e. The summed E-state index contributed by atoms with van der Waals surface area (Å²) in [4.78, 5) is 29.0. The summed E-state index contributed by atoms with van der Waals surface area (Å²) in [6.07, 6.45) is 4.90. The van der Waals surface area contributed by atoms with E-state index in [2.05, 4.69) is 11.8 Å². The van der Waals surface area contributed by atoms with Crippen LogP contribution in [0.3, 0.4) is 0 Å². The maximum absolute atomic E-state index is 13.2. The Kier molecular flexibility index (Phi) is 5.90. The van der Waals surface area contributed by atoms with Crippen LogP contribution in [0.5, 0.6) is 0 Å². The normalized spacial score (nSPS) is 24.7. The Morgan fingerprint density at radius 1 is 1.06 bits per heavy atom. The first kappa shape index (κ1) is 21.7. The SMILES string of the molecule is O=C(c1ccc(F)cc1)N1CC(=O)N2[C@H](CO)[C@H](c3ccc(C#CC4CCCC4)cc3)[C@H]2C1. The second-order valence-corrected chi connectivity index (χ2v) is 9.21. The van der Waals surface area contributed by atoms with Crippen molar-refractivity contribution in [1.29, 1.82) is 0 Å². The van der Waals surface area contributed by atoms with Gasteiger partial charge in [0.1, 0.15) is 12.4 Å². The van der Waals surface area contributed by atoms with Gasteiger partial charge in [-0.3, -0.25) is 9.59 Å². The molecule has 170 valence electrons. The van der Waals surface area contributed by atoms with Crippen molar-refractivity contribution in [2.45, 2.75) is 43.7 Å². The highest BCUT2D eigenvalue weighted by molar-refractivity contribution is 5.97. The molecule has 0 radical (unpaired) electrons. The number of nitrogens with zero attached hydrogens (tertiary/aromatic N) is 2. The van der Waals surface area contributed by atoms with Gasteiger partial charge in [-0.1, -0.05) is 36.8 Å². The zero-order chi connectivity index (χ0) is 22.9. The predicted molar refractivity (Wildman–Crippen MR) is 122 cm³/mol. The largest absolute Gasteiger partial charge is 0.394 e. The molecule has 1 saturated carbocycles. The van der Waals surface area contributed by atoms with Gasteiger partial charge in [-0.2, -0.15) is 0 Å². The summed E-state index contributed by atoms with van der Waals surface area (Å²) in [5.41, 5.74) is 2.36. The molecule has 2 heterocycles. The van der Waals surface area contributed by atoms with Gasteiger partial charge in [-0.25, -0.2) is 4.39 Å². The Labute approximate surface area is 193 Å². The van der Waals surface area contributed by atoms with Crippen molar-refractivity contribution >= 4 is 11.8 Å². The Hall–Kier alpha value is -3.17. The minimum absolute atomic E-state index is 0.0361. The van der Waals surface area contributed by atoms with Crippen molar-refractivity contribution in [1.82, 2.24) is 9.80 Å². The molecule has 5 nitrogen and oxygen atoms in total. The van der Waals surface area contributed by atoms with Gasteiger partial charge in [0.15, 0.2) is 0 Å². The monoisotopic (exact) mass is 446 g/mol. The van der Waals surface area contributed by atoms with Crippen LogP contribution in [0.1, 0.15) is 53.1 Å². The lowest BCUT2D eigenvalue weighted by Crippen LogP contribution is -2.73. The molecule has 0 spiro atoms. The van der Waals surface area contributed by atoms with Gasteiger partial charge in [-0.15, -0.1) is 0 Å². The molecular weight excluding hydrogens is 419 g/mol. The van der Waals surface area contributed by atoms with E-state index < -0.39 is 5.82 Å². The van der Waals surface area contributed by atoms with Crippen LogP contribution < -0.4 is 0 Å². The number of fused-ring (bicyclic) bond motifs is 1. The number of carbonyl (C=O) groups excluding carboxylic acids is 2. The number of hydrogen-bond acceptors (Lipinski definition) is 3. The van der Waals surface area contributed by atoms with Gasteiger partial charge in [0.2, 0.25) is 5.91 Å². The highest BCUT2D eigenvalue weighted by Crippen LogP contribution is 2.43. The van der Waals surface area contributed by atoms with Gasteiger partial charge in [0, 0.05) is 29.5 Å². The fourth-order valence-corrected chi connectivity index (χ4v) is 5.47. The number of halogens is 1. The molecule has 1 N–H and O–H groups in total. The summed E-state index contributed by atoms with van der Waals surface area (Å²) in [6.45, 7) is 0.222. The Morgan fingerprint density at radius 3 is 2.42 bits per heavy atom. The van der Waals surface area contributed by atoms with Gasteiger partial charge < -0.3 is 14.9 Å². The summed E-state index contributed by atoms with van der Waals surface area (Å²) < 4.78 is 13.2. The minimum Gasteiger partial charge on any atom is -0.394 e. The van der Waals surface area contributed by atoms with Gasteiger partial charge in [0.25, 0.3) is 5.91 Å². The molecule has 33 heavy (non-hydrogen) atoms. The molecule has 3 aliphatic rings. The molecule has 6 heteroatoms. The Morgan fingerprint density at radius 2 is 1.76 bits per heavy atom. The standard InChI is InChI=1S/C27H27FN2O3/c28-22-13-11-21(12-14-22)27(33)29-15-23-26(24(17-31)30(23)25(32)16-29)20-9-7-19(8-10-20)6-5-18-3-1-2-4-18/h7-14,18,23-24,26,31H,1-4,15-17H2/t23-,24-,26-/m1/s1. The third-order valence-electron chi connectivity index (χ3n) is 7.20. The van der Waals surface area contributed by atoms with Crippen LogP contribution in [0.25, 0.3) is 0 Å². The zero-order valence-corrected chi connectivity index (χ0v) is 18.4. The first-order valence-electron chi connectivity index (χ1n) is 11.6. The van der Waals surface area contributed by atoms with E-state index in [1.54, 1.807) is 4.90 Å². The van der Waals surface area contributed by atoms with Crippen LogP contribution in [-0.4, -0.2) is 58.5 Å². The number of amides is 2. The molecule has 3 atom stereocenters. The molecule has 2 amide bonds. The molecule has 3 fully saturated rings. The van der Waals surface area contributed by atoms with Crippen LogP contribution in [0.15, 0.2) is 48.5 Å². The third-order valence-corrected chi connectivity index (χ3v) is 7.20. The Balaban J connectivity index is 1.33. The van der Waals surface area contributed by atoms with Crippen LogP contribution in [0.4, 0.5) is 4.39 Å². The number of hydrogen-bond donors (Lipinski definition) is 1. The molecule has 0 aromatic heterocycles. The van der Waals surface area contributed by atoms with Crippen molar-refractivity contribution in [3.8, 4) is 11.8 Å². The predicted octanol–water partition coefficient (Wildman–Crippen LogP) is 3.18. The smallest absolute Gasteiger partial charge is 0.254 e. The molecule has 2 aromatic rings. The van der Waals surface area contributed by atoms with E-state index in [-0.39, 0.29) is 43.0 Å². The number of aliphatic hydroxyl groups is 1. The Bertz CT molecular complexity index is 1100. The molecular formula is C27H27FN2O3. The topological polar surface area (TPSA) is 60.9 Å². The van der Waals surface area contributed by atoms with E-state index in [1.165, 1.54) is 54.8 Å². The van der Waals surface area contributed by atoms with E-state index in [0.29, 0.717) is 18.0 Å². The highest BCUT2D eigenvalue weighted by Gasteiger charge is 2.54. The van der Waals surface area contributed by atoms with E-state index in [1.807, 2.05) is 24.3 Å². The average molecular weight is 447 g/mol. The van der Waals surface area contributed by atoms with Crippen LogP contribution in [0.2, 0.25) is 0 Å². The van der Waals surface area contributed by atoms with Crippen LogP contribution in [-0.2, 0) is 4.79 Å². The second kappa shape index (κ2) is 8.99. The van der Waals surface area contributed by atoms with Gasteiger partial charge in [-0.05, 0) is 54.8 Å². The summed E-state index contributed by atoms with van der Waals surface area (Å²) in [5.74, 6) is 6.23. The number of rotatable bonds is 3. The van der Waals surface area contributed by atoms with Crippen molar-refractivity contribution in [2.75, 3.05) is 19.7 Å². The van der Waals surface area contributed by atoms with E-state index in [9.17, 15) is 19.1 Å². The van der Waals surface area contributed by atoms with E-state index in [4.69, 9.17) is 0 Å². The maximum atomic E-state index is 13.2. The first-order valence-corrected chi connectivity index (χ1v) is 11.6. The van der Waals surface area contributed by atoms with Crippen molar-refractivity contribution in [3.05, 3.63) is 71.0 Å². The molecule has 0 unspecified atom stereocenters. The van der Waals surface area contributed by atoms with Crippen molar-refractivity contribution in [3.63, 3.8) is 0 Å². The molecule has 2 aliphatic heterocycles. The molecule has 0 bridgehead atoms. The van der Waals surface area contributed by atoms with E-state index in [0.717, 1.165) is 11.1 Å². The average Bonchev–Trinajstić information content (AvgIpc) is 3.33. The summed E-state index contributed by atoms with van der Waals surface area (Å²) in [5, 5.41) is 9.98. The highest BCUT2D eigenvalue weighted by atomic mass is 19.1. The molecule has 2 aromatic carbocycles. The van der Waals surface area contributed by atoms with Gasteiger partial charge in [0.05, 0.1) is 18.7 Å². The number of benzene rings is 2. The summed E-state index contributed by atoms with van der Waals surface area (Å²) in [6, 6.07) is 12.9. The van der Waals surface area contributed by atoms with Gasteiger partial charge >= 0.3 is 0 Å². The number of aliphatic hydroxyl groups excluding tert-OH is 1. The summed E-state index contributed by atoms with van der Waals surface area (Å²) in [7, 11) is 0. The number of piperazine rings is 1. The van der Waals surface area contributed by atoms with Crippen molar-refractivity contribution in [2.24, 2.45) is 5.92 Å². The zero-order valence-electron chi connectivity index (χ0n) is 18.4. The lowest BCUT2D eigenvalue weighted by Gasteiger charge is -2.58. The molecule has 2 saturated heterocycles. The third kappa shape index (κ3) is 4.14. The quantitative estimate of drug-likeness (QED) is 0.737. The number of carbonyl (C=O) groups is 2. The second-order valence-electron chi connectivity index (χ2n) is 9.21. The van der Waals surface area contributed by atoms with E-state index >= 15 is 0 Å². The lowest BCUT2D eigenvalue weighted by molar-refractivity contribution is -0.159. The van der Waals surface area contributed by atoms with Crippen LogP contribution in [0, 0.1) is 23.6 Å². The fourth-order valence-electron chi connectivity index (χ4n) is 5.47. The molecule has 5 rings (SSSR count). The lowest BCUT2D eigenvalue weighted by atomic mass is 9.73. The minimum atomic E-state index is -0.409. The first-order chi connectivity index (χ1) is 16.0. The summed E-state index contributed by atoms with van der Waals surface area (Å²) >= 11 is 0. The molecule has 1 aliphatic carbocycles. The van der Waals surface area contributed by atoms with Crippen LogP contribution >= 0.6 is 0 Å².